The van der Waals surface area contributed by atoms with Crippen molar-refractivity contribution in [2.45, 2.75) is 0 Å². The lowest BCUT2D eigenvalue weighted by atomic mass is 10.1. The van der Waals surface area contributed by atoms with Crippen molar-refractivity contribution in [3.05, 3.63) is 138 Å². The molecule has 0 N–H and O–H groups in total. The van der Waals surface area contributed by atoms with Gasteiger partial charge < -0.3 is 8.80 Å². The number of para-hydroxylation sites is 2. The van der Waals surface area contributed by atoms with Crippen LogP contribution in [-0.4, -0.2) is 24.0 Å². The number of rotatable bonds is 4. The van der Waals surface area contributed by atoms with Gasteiger partial charge >= 0.3 is 0 Å². The average molecular weight is 514 g/mol. The maximum Gasteiger partial charge on any atom is 0.113 e. The van der Waals surface area contributed by atoms with Crippen LogP contribution in [0.1, 0.15) is 22.5 Å². The van der Waals surface area contributed by atoms with E-state index < -0.39 is 0 Å². The first kappa shape index (κ1) is 22.4. The van der Waals surface area contributed by atoms with Gasteiger partial charge in [0.15, 0.2) is 0 Å². The van der Waals surface area contributed by atoms with Crippen molar-refractivity contribution in [3.8, 4) is 11.3 Å². The number of benzene rings is 2. The summed E-state index contributed by atoms with van der Waals surface area (Å²) in [7, 11) is 0. The predicted molar refractivity (Wildman–Crippen MR) is 164 cm³/mol. The molecule has 0 saturated heterocycles. The zero-order valence-corrected chi connectivity index (χ0v) is 21.5. The Morgan fingerprint density at radius 3 is 1.80 bits per heavy atom. The fourth-order valence-electron chi connectivity index (χ4n) is 5.53. The Hall–Kier alpha value is -5.55. The second-order valence-corrected chi connectivity index (χ2v) is 9.90. The van der Waals surface area contributed by atoms with E-state index in [9.17, 15) is 0 Å². The lowest BCUT2D eigenvalue weighted by molar-refractivity contribution is 1.08. The third-order valence-electron chi connectivity index (χ3n) is 7.58. The van der Waals surface area contributed by atoms with Gasteiger partial charge in [-0.25, -0.2) is 0 Å². The molecule has 8 rings (SSSR count). The number of fused-ring (bicyclic) bond motifs is 7. The number of nitrogens with zero attached hydrogens (tertiary/aromatic N) is 5. The maximum absolute atomic E-state index is 4.67. The molecule has 2 aliphatic rings. The first-order valence-corrected chi connectivity index (χ1v) is 13.3. The molecule has 6 aromatic rings. The van der Waals surface area contributed by atoms with E-state index in [4.69, 9.17) is 0 Å². The molecule has 4 aromatic heterocycles. The maximum atomic E-state index is 4.67. The van der Waals surface area contributed by atoms with Gasteiger partial charge in [-0.2, -0.15) is 0 Å². The Kier molecular flexibility index (Phi) is 5.07. The lowest BCUT2D eigenvalue weighted by Crippen LogP contribution is -1.85. The standard InChI is InChI=1S/C35H23N5/c1-3-7-32-24(5-1)11-17-34-26(19-21-39(32)34)9-13-28-14-15-29-30(37-38-31(29)23-36-28)16-10-27-20-22-40-33-8-4-2-6-25(33)12-18-35(27)40/h1-23H/b13-9+,16-10+. The minimum atomic E-state index is 0.771. The fourth-order valence-corrected chi connectivity index (χ4v) is 5.53. The van der Waals surface area contributed by atoms with E-state index in [2.05, 4.69) is 140 Å². The summed E-state index contributed by atoms with van der Waals surface area (Å²) in [4.78, 5) is 4.67. The highest BCUT2D eigenvalue weighted by Gasteiger charge is 2.11. The van der Waals surface area contributed by atoms with Crippen molar-refractivity contribution in [2.75, 3.05) is 0 Å². The molecule has 0 bridgehead atoms. The van der Waals surface area contributed by atoms with Crippen molar-refractivity contribution >= 4 is 57.1 Å². The first-order valence-electron chi connectivity index (χ1n) is 13.3. The van der Waals surface area contributed by atoms with E-state index >= 15 is 0 Å². The van der Waals surface area contributed by atoms with Crippen LogP contribution in [0.4, 0.5) is 0 Å². The molecule has 0 spiro atoms. The van der Waals surface area contributed by atoms with Crippen LogP contribution in [0.3, 0.4) is 0 Å². The summed E-state index contributed by atoms with van der Waals surface area (Å²) < 4.78 is 4.45. The van der Waals surface area contributed by atoms with Crippen molar-refractivity contribution in [3.63, 3.8) is 0 Å². The Morgan fingerprint density at radius 2 is 1.12 bits per heavy atom. The van der Waals surface area contributed by atoms with Crippen molar-refractivity contribution in [1.82, 2.24) is 24.0 Å². The molecule has 0 aliphatic carbocycles. The molecule has 0 unspecified atom stereocenters. The largest absolute Gasteiger partial charge is 0.316 e. The van der Waals surface area contributed by atoms with Crippen LogP contribution in [0.5, 0.6) is 0 Å². The Labute approximate surface area is 230 Å². The zero-order chi connectivity index (χ0) is 26.5. The molecule has 2 aliphatic heterocycles. The number of hydrogen-bond donors (Lipinski definition) is 0. The monoisotopic (exact) mass is 513 g/mol. The molecule has 5 heteroatoms. The number of aromatic nitrogens is 5. The molecule has 0 fully saturated rings. The van der Waals surface area contributed by atoms with Crippen LogP contribution in [0, 0.1) is 0 Å². The topological polar surface area (TPSA) is 47.5 Å². The highest BCUT2D eigenvalue weighted by atomic mass is 15.1. The highest BCUT2D eigenvalue weighted by molar-refractivity contribution is 5.89. The van der Waals surface area contributed by atoms with Gasteiger partial charge in [-0.15, -0.1) is 10.2 Å². The van der Waals surface area contributed by atoms with Gasteiger partial charge in [-0.05, 0) is 71.5 Å². The third-order valence-corrected chi connectivity index (χ3v) is 7.58. The Balaban J connectivity index is 1.10. The lowest BCUT2D eigenvalue weighted by Gasteiger charge is -2.02. The third kappa shape index (κ3) is 3.68. The van der Waals surface area contributed by atoms with E-state index in [0.717, 1.165) is 39.3 Å². The second-order valence-electron chi connectivity index (χ2n) is 9.90. The van der Waals surface area contributed by atoms with Gasteiger partial charge in [0, 0.05) is 29.1 Å². The number of pyridine rings is 2. The quantitative estimate of drug-likeness (QED) is 0.239. The zero-order valence-electron chi connectivity index (χ0n) is 21.5. The van der Waals surface area contributed by atoms with E-state index in [1.165, 1.54) is 27.3 Å². The molecule has 40 heavy (non-hydrogen) atoms. The van der Waals surface area contributed by atoms with Crippen molar-refractivity contribution in [2.24, 2.45) is 0 Å². The minimum Gasteiger partial charge on any atom is -0.316 e. The fraction of sp³-hybridized carbons (Fsp3) is 0. The van der Waals surface area contributed by atoms with Gasteiger partial charge in [-0.1, -0.05) is 60.7 Å². The SMILES string of the molecule is C(=C\c1ccn2c1ccc1ccccc12)/c1ccc2c(/C=C/c3ccn4c3ccc3ccccc34)nnc-2cn1. The van der Waals surface area contributed by atoms with E-state index in [-0.39, 0.29) is 0 Å². The van der Waals surface area contributed by atoms with Crippen LogP contribution in [-0.2, 0) is 0 Å². The Bertz CT molecular complexity index is 2230. The average Bonchev–Trinajstić information content (AvgIpc) is 3.69. The summed E-state index contributed by atoms with van der Waals surface area (Å²) in [6.45, 7) is 0. The van der Waals surface area contributed by atoms with E-state index in [0.29, 0.717) is 0 Å². The molecule has 6 heterocycles. The van der Waals surface area contributed by atoms with Gasteiger partial charge in [0.1, 0.15) is 5.69 Å². The van der Waals surface area contributed by atoms with Gasteiger partial charge in [0.05, 0.1) is 39.7 Å². The molecular weight excluding hydrogens is 490 g/mol. The highest BCUT2D eigenvalue weighted by Crippen LogP contribution is 2.27. The molecule has 0 amide bonds. The molecule has 0 radical (unpaired) electrons. The molecule has 0 atom stereocenters. The van der Waals surface area contributed by atoms with Crippen molar-refractivity contribution < 1.29 is 0 Å². The second kappa shape index (κ2) is 9.03. The van der Waals surface area contributed by atoms with Crippen LogP contribution in [0.15, 0.2) is 116 Å². The minimum absolute atomic E-state index is 0.771. The normalized spacial score (nSPS) is 12.3. The summed E-state index contributed by atoms with van der Waals surface area (Å²) in [5, 5.41) is 11.3. The first-order chi connectivity index (χ1) is 19.8. The van der Waals surface area contributed by atoms with Gasteiger partial charge in [0.25, 0.3) is 0 Å². The van der Waals surface area contributed by atoms with Gasteiger partial charge in [0.2, 0.25) is 0 Å². The summed E-state index contributed by atoms with van der Waals surface area (Å²) in [6.07, 6.45) is 14.3. The van der Waals surface area contributed by atoms with Crippen LogP contribution < -0.4 is 0 Å². The smallest absolute Gasteiger partial charge is 0.113 e. The number of hydrogen-bond acceptors (Lipinski definition) is 3. The van der Waals surface area contributed by atoms with E-state index in [1.807, 2.05) is 18.2 Å². The summed E-state index contributed by atoms with van der Waals surface area (Å²) >= 11 is 0. The van der Waals surface area contributed by atoms with Crippen LogP contribution in [0.2, 0.25) is 0 Å². The molecule has 188 valence electrons. The van der Waals surface area contributed by atoms with Crippen molar-refractivity contribution in [1.29, 1.82) is 0 Å². The van der Waals surface area contributed by atoms with Gasteiger partial charge in [-0.3, -0.25) is 4.98 Å². The summed E-state index contributed by atoms with van der Waals surface area (Å²) in [5.74, 6) is 0. The molecule has 5 nitrogen and oxygen atoms in total. The molecule has 0 saturated carbocycles. The van der Waals surface area contributed by atoms with Crippen LogP contribution >= 0.6 is 0 Å². The predicted octanol–water partition coefficient (Wildman–Crippen LogP) is 8.13. The molecular formula is C35H23N5. The Morgan fingerprint density at radius 1 is 0.500 bits per heavy atom. The summed E-state index contributed by atoms with van der Waals surface area (Å²) in [6, 6.07) is 33.9. The molecule has 2 aromatic carbocycles. The van der Waals surface area contributed by atoms with E-state index in [1.54, 1.807) is 6.20 Å². The van der Waals surface area contributed by atoms with Crippen LogP contribution in [0.25, 0.3) is 68.4 Å². The summed E-state index contributed by atoms with van der Waals surface area (Å²) in [5.41, 5.74) is 10.4.